The van der Waals surface area contributed by atoms with Crippen LogP contribution in [0.2, 0.25) is 0 Å². The number of nitrogens with zero attached hydrogens (tertiary/aromatic N) is 1. The van der Waals surface area contributed by atoms with Gasteiger partial charge in [0.2, 0.25) is 11.8 Å². The lowest BCUT2D eigenvalue weighted by Gasteiger charge is -2.35. The summed E-state index contributed by atoms with van der Waals surface area (Å²) in [5.41, 5.74) is 0.840. The molecule has 2 N–H and O–H groups in total. The Morgan fingerprint density at radius 2 is 2.18 bits per heavy atom. The maximum atomic E-state index is 12.4. The number of nitrogens with one attached hydrogen (secondary N) is 2. The highest BCUT2D eigenvalue weighted by atomic mass is 35.5. The van der Waals surface area contributed by atoms with Gasteiger partial charge in [-0.15, -0.1) is 24.2 Å². The van der Waals surface area contributed by atoms with Gasteiger partial charge in [-0.2, -0.15) is 0 Å². The van der Waals surface area contributed by atoms with E-state index in [0.717, 1.165) is 30.2 Å². The normalized spacial score (nSPS) is 24.0. The van der Waals surface area contributed by atoms with Gasteiger partial charge in [0.1, 0.15) is 0 Å². The number of rotatable bonds is 2. The number of hydrogen-bond donors (Lipinski definition) is 2. The van der Waals surface area contributed by atoms with E-state index in [9.17, 15) is 9.59 Å². The quantitative estimate of drug-likeness (QED) is 0.860. The molecule has 0 saturated carbocycles. The molecule has 0 bridgehead atoms. The predicted molar refractivity (Wildman–Crippen MR) is 90.6 cm³/mol. The summed E-state index contributed by atoms with van der Waals surface area (Å²) in [6.45, 7) is 4.39. The van der Waals surface area contributed by atoms with Crippen molar-refractivity contribution in [1.82, 2.24) is 10.2 Å². The molecule has 0 radical (unpaired) electrons. The van der Waals surface area contributed by atoms with E-state index in [-0.39, 0.29) is 41.9 Å². The standard InChI is InChI=1S/C15H19N3O2S.ClH/c1-10-9-16-6-7-18(10)14(19)8-13-15(20)17-11-4-2-3-5-12(11)21-13;/h2-5,10,13,16H,6-9H2,1H3,(H,17,20);1H/t10-,13?;/m0./s1. The fourth-order valence-electron chi connectivity index (χ4n) is 2.71. The first-order valence-electron chi connectivity index (χ1n) is 7.22. The molecule has 2 heterocycles. The minimum atomic E-state index is -0.338. The Labute approximate surface area is 140 Å². The molecule has 5 nitrogen and oxygen atoms in total. The van der Waals surface area contributed by atoms with Crippen molar-refractivity contribution in [3.63, 3.8) is 0 Å². The minimum absolute atomic E-state index is 0. The zero-order valence-corrected chi connectivity index (χ0v) is 14.0. The fraction of sp³-hybridized carbons (Fsp3) is 0.467. The molecule has 1 fully saturated rings. The van der Waals surface area contributed by atoms with Gasteiger partial charge in [0.25, 0.3) is 0 Å². The third-order valence-electron chi connectivity index (χ3n) is 3.89. The van der Waals surface area contributed by atoms with Crippen LogP contribution in [0.3, 0.4) is 0 Å². The molecule has 0 aromatic heterocycles. The second kappa shape index (κ2) is 7.35. The largest absolute Gasteiger partial charge is 0.337 e. The SMILES string of the molecule is C[C@H]1CNCCN1C(=O)CC1Sc2ccccc2NC1=O.Cl. The summed E-state index contributed by atoms with van der Waals surface area (Å²) in [4.78, 5) is 27.5. The molecule has 2 atom stereocenters. The molecular formula is C15H20ClN3O2S. The van der Waals surface area contributed by atoms with Gasteiger partial charge < -0.3 is 15.5 Å². The summed E-state index contributed by atoms with van der Waals surface area (Å²) in [5, 5.41) is 5.81. The van der Waals surface area contributed by atoms with Crippen LogP contribution in [-0.2, 0) is 9.59 Å². The highest BCUT2D eigenvalue weighted by molar-refractivity contribution is 8.01. The molecule has 1 unspecified atom stereocenters. The van der Waals surface area contributed by atoms with Gasteiger partial charge in [-0.05, 0) is 19.1 Å². The van der Waals surface area contributed by atoms with Gasteiger partial charge in [-0.1, -0.05) is 12.1 Å². The number of halogens is 1. The van der Waals surface area contributed by atoms with Crippen molar-refractivity contribution in [2.24, 2.45) is 0 Å². The molecule has 2 amide bonds. The Hall–Kier alpha value is -1.24. The van der Waals surface area contributed by atoms with E-state index in [4.69, 9.17) is 0 Å². The summed E-state index contributed by atoms with van der Waals surface area (Å²) in [6, 6.07) is 7.89. The number of anilines is 1. The van der Waals surface area contributed by atoms with E-state index in [1.807, 2.05) is 36.1 Å². The minimum Gasteiger partial charge on any atom is -0.337 e. The Balaban J connectivity index is 0.00000176. The van der Waals surface area contributed by atoms with Crippen LogP contribution in [0.1, 0.15) is 13.3 Å². The Bertz CT molecular complexity index is 569. The molecule has 120 valence electrons. The van der Waals surface area contributed by atoms with Gasteiger partial charge in [0.15, 0.2) is 0 Å². The zero-order chi connectivity index (χ0) is 14.8. The average Bonchev–Trinajstić information content (AvgIpc) is 2.48. The first kappa shape index (κ1) is 17.1. The smallest absolute Gasteiger partial charge is 0.238 e. The zero-order valence-electron chi connectivity index (χ0n) is 12.4. The van der Waals surface area contributed by atoms with Gasteiger partial charge in [-0.3, -0.25) is 9.59 Å². The van der Waals surface area contributed by atoms with Crippen LogP contribution in [0, 0.1) is 0 Å². The van der Waals surface area contributed by atoms with Crippen molar-refractivity contribution in [1.29, 1.82) is 0 Å². The molecule has 1 saturated heterocycles. The van der Waals surface area contributed by atoms with Crippen LogP contribution < -0.4 is 10.6 Å². The average molecular weight is 342 g/mol. The molecule has 22 heavy (non-hydrogen) atoms. The van der Waals surface area contributed by atoms with E-state index in [1.54, 1.807) is 0 Å². The number of carbonyl (C=O) groups excluding carboxylic acids is 2. The third-order valence-corrected chi connectivity index (χ3v) is 5.16. The van der Waals surface area contributed by atoms with Crippen LogP contribution in [-0.4, -0.2) is 47.6 Å². The first-order chi connectivity index (χ1) is 10.1. The molecule has 0 aliphatic carbocycles. The predicted octanol–water partition coefficient (Wildman–Crippen LogP) is 1.73. The lowest BCUT2D eigenvalue weighted by atomic mass is 10.1. The Kier molecular flexibility index (Phi) is 5.72. The second-order valence-corrected chi connectivity index (χ2v) is 6.68. The molecule has 7 heteroatoms. The number of piperazine rings is 1. The summed E-state index contributed by atoms with van der Waals surface area (Å²) >= 11 is 1.48. The first-order valence-corrected chi connectivity index (χ1v) is 8.10. The maximum Gasteiger partial charge on any atom is 0.238 e. The second-order valence-electron chi connectivity index (χ2n) is 5.44. The van der Waals surface area contributed by atoms with Gasteiger partial charge >= 0.3 is 0 Å². The molecule has 1 aromatic carbocycles. The van der Waals surface area contributed by atoms with E-state index in [0.29, 0.717) is 0 Å². The van der Waals surface area contributed by atoms with E-state index < -0.39 is 0 Å². The lowest BCUT2D eigenvalue weighted by molar-refractivity contribution is -0.135. The van der Waals surface area contributed by atoms with Crippen LogP contribution in [0.5, 0.6) is 0 Å². The molecule has 2 aliphatic rings. The number of hydrogen-bond acceptors (Lipinski definition) is 4. The van der Waals surface area contributed by atoms with Crippen molar-refractivity contribution in [3.8, 4) is 0 Å². The van der Waals surface area contributed by atoms with E-state index in [2.05, 4.69) is 10.6 Å². The van der Waals surface area contributed by atoms with Crippen LogP contribution >= 0.6 is 24.2 Å². The number of para-hydroxylation sites is 1. The summed E-state index contributed by atoms with van der Waals surface area (Å²) in [6.07, 6.45) is 0.259. The summed E-state index contributed by atoms with van der Waals surface area (Å²) in [7, 11) is 0. The Morgan fingerprint density at radius 1 is 1.41 bits per heavy atom. The van der Waals surface area contributed by atoms with Gasteiger partial charge in [0, 0.05) is 37.0 Å². The highest BCUT2D eigenvalue weighted by Gasteiger charge is 2.32. The maximum absolute atomic E-state index is 12.4. The number of benzene rings is 1. The molecule has 2 aliphatic heterocycles. The fourth-order valence-corrected chi connectivity index (χ4v) is 3.82. The topological polar surface area (TPSA) is 61.4 Å². The van der Waals surface area contributed by atoms with Crippen molar-refractivity contribution < 1.29 is 9.59 Å². The molecular weight excluding hydrogens is 322 g/mol. The van der Waals surface area contributed by atoms with Crippen molar-refractivity contribution in [2.45, 2.75) is 29.5 Å². The number of fused-ring (bicyclic) bond motifs is 1. The number of carbonyl (C=O) groups is 2. The number of amides is 2. The summed E-state index contributed by atoms with van der Waals surface area (Å²) < 4.78 is 0. The van der Waals surface area contributed by atoms with Crippen LogP contribution in [0.25, 0.3) is 0 Å². The molecule has 3 rings (SSSR count). The van der Waals surface area contributed by atoms with E-state index >= 15 is 0 Å². The van der Waals surface area contributed by atoms with Crippen molar-refractivity contribution >= 4 is 41.7 Å². The molecule has 0 spiro atoms. The van der Waals surface area contributed by atoms with Crippen LogP contribution in [0.4, 0.5) is 5.69 Å². The van der Waals surface area contributed by atoms with Gasteiger partial charge in [0.05, 0.1) is 10.9 Å². The molecule has 1 aromatic rings. The van der Waals surface area contributed by atoms with Crippen molar-refractivity contribution in [3.05, 3.63) is 24.3 Å². The summed E-state index contributed by atoms with van der Waals surface area (Å²) in [5.74, 6) is -0.00845. The van der Waals surface area contributed by atoms with Crippen molar-refractivity contribution in [2.75, 3.05) is 25.0 Å². The van der Waals surface area contributed by atoms with Gasteiger partial charge in [-0.25, -0.2) is 0 Å². The number of thioether (sulfide) groups is 1. The Morgan fingerprint density at radius 3 is 2.95 bits per heavy atom. The monoisotopic (exact) mass is 341 g/mol. The van der Waals surface area contributed by atoms with Crippen LogP contribution in [0.15, 0.2) is 29.2 Å². The van der Waals surface area contributed by atoms with E-state index in [1.165, 1.54) is 11.8 Å². The highest BCUT2D eigenvalue weighted by Crippen LogP contribution is 2.36. The third kappa shape index (κ3) is 3.56. The lowest BCUT2D eigenvalue weighted by Crippen LogP contribution is -2.53.